The predicted octanol–water partition coefficient (Wildman–Crippen LogP) is 6.53. The number of carbonyl (C=O) groups is 1. The highest BCUT2D eigenvalue weighted by Crippen LogP contribution is 2.31. The van der Waals surface area contributed by atoms with Crippen LogP contribution in [0.1, 0.15) is 87.5 Å². The molecule has 6 rings (SSSR count). The standard InChI is InChI=1S/C22H35N3O2.C20H32N2O.C2H3NO/c1-4-11-25(16-17-9-12-24(13-10-17)22(26)23-2)20-7-5-18-6-8-21(27-3)15-19(18)14-20;1-3-12-22(15-16-8-10-21-11-9-16)19-6-4-17-5-7-20(23-2)14-18(17)13-19;1-3-2-4/h6,8,15,17,20H,4-5,7,9-14,16H2,1-3H3,(H,23,26);5,7,14,16,19,21H,3-4,6,8-13,15H2,1-2H3;1H3. The number of likely N-dealkylation sites (tertiary alicyclic amines) is 1. The second kappa shape index (κ2) is 23.5. The van der Waals surface area contributed by atoms with E-state index in [1.807, 2.05) is 4.90 Å². The van der Waals surface area contributed by atoms with Crippen molar-refractivity contribution in [2.24, 2.45) is 16.8 Å². The van der Waals surface area contributed by atoms with Crippen LogP contribution in [0.2, 0.25) is 0 Å². The van der Waals surface area contributed by atoms with Crippen molar-refractivity contribution in [1.82, 2.24) is 25.3 Å². The van der Waals surface area contributed by atoms with Crippen molar-refractivity contribution >= 4 is 12.1 Å². The Morgan fingerprint density at radius 1 is 0.796 bits per heavy atom. The van der Waals surface area contributed by atoms with E-state index in [-0.39, 0.29) is 6.03 Å². The van der Waals surface area contributed by atoms with Crippen molar-refractivity contribution in [3.8, 4) is 11.5 Å². The van der Waals surface area contributed by atoms with Crippen LogP contribution in [0.25, 0.3) is 0 Å². The van der Waals surface area contributed by atoms with Crippen LogP contribution in [0.15, 0.2) is 41.4 Å². The number of isocyanates is 1. The number of rotatable bonds is 12. The Balaban J connectivity index is 0.000000221. The minimum Gasteiger partial charge on any atom is -0.497 e. The van der Waals surface area contributed by atoms with Crippen LogP contribution in [-0.4, -0.2) is 120 Å². The summed E-state index contributed by atoms with van der Waals surface area (Å²) in [5, 5.41) is 6.24. The van der Waals surface area contributed by atoms with Gasteiger partial charge in [-0.2, -0.15) is 0 Å². The molecule has 0 spiro atoms. The normalized spacial score (nSPS) is 20.0. The van der Waals surface area contributed by atoms with Gasteiger partial charge in [0, 0.05) is 52.4 Å². The molecule has 2 aromatic rings. The molecule has 2 unspecified atom stereocenters. The third-order valence-corrected chi connectivity index (χ3v) is 11.9. The molecule has 54 heavy (non-hydrogen) atoms. The largest absolute Gasteiger partial charge is 0.497 e. The number of nitrogens with one attached hydrogen (secondary N) is 2. The summed E-state index contributed by atoms with van der Waals surface area (Å²) in [6, 6.07) is 14.6. The summed E-state index contributed by atoms with van der Waals surface area (Å²) in [5.41, 5.74) is 5.98. The van der Waals surface area contributed by atoms with Crippen molar-refractivity contribution in [3.05, 3.63) is 58.7 Å². The molecular formula is C44H70N6O4. The summed E-state index contributed by atoms with van der Waals surface area (Å²) in [6.07, 6.45) is 15.9. The lowest BCUT2D eigenvalue weighted by Gasteiger charge is -2.39. The summed E-state index contributed by atoms with van der Waals surface area (Å²) in [5.74, 6) is 3.56. The third kappa shape index (κ3) is 13.1. The van der Waals surface area contributed by atoms with Gasteiger partial charge in [0.1, 0.15) is 11.5 Å². The number of urea groups is 1. The van der Waals surface area contributed by atoms with Gasteiger partial charge >= 0.3 is 6.03 Å². The number of hydrogen-bond acceptors (Lipinski definition) is 8. The fourth-order valence-corrected chi connectivity index (χ4v) is 8.93. The number of carbonyl (C=O) groups excluding carboxylic acids is 2. The molecule has 2 aromatic carbocycles. The Morgan fingerprint density at radius 2 is 1.26 bits per heavy atom. The number of ether oxygens (including phenoxy) is 2. The molecule has 300 valence electrons. The molecule has 2 amide bonds. The van der Waals surface area contributed by atoms with E-state index in [1.54, 1.807) is 21.3 Å². The molecule has 2 heterocycles. The molecule has 2 atom stereocenters. The minimum atomic E-state index is 0.0664. The molecule has 4 aliphatic rings. The maximum atomic E-state index is 11.8. The van der Waals surface area contributed by atoms with Crippen LogP contribution < -0.4 is 20.1 Å². The van der Waals surface area contributed by atoms with Gasteiger partial charge < -0.3 is 25.0 Å². The molecule has 2 aliphatic heterocycles. The molecule has 0 bridgehead atoms. The lowest BCUT2D eigenvalue weighted by molar-refractivity contribution is 0.117. The second-order valence-electron chi connectivity index (χ2n) is 15.5. The van der Waals surface area contributed by atoms with E-state index in [0.717, 1.165) is 49.8 Å². The monoisotopic (exact) mass is 747 g/mol. The summed E-state index contributed by atoms with van der Waals surface area (Å²) in [7, 11) is 6.61. The number of aliphatic imine (C=N–C) groups is 1. The molecule has 0 saturated carbocycles. The predicted molar refractivity (Wildman–Crippen MR) is 220 cm³/mol. The molecule has 2 fully saturated rings. The number of aryl methyl sites for hydroxylation is 2. The number of piperidine rings is 2. The van der Waals surface area contributed by atoms with Crippen molar-refractivity contribution in [1.29, 1.82) is 0 Å². The van der Waals surface area contributed by atoms with E-state index in [4.69, 9.17) is 14.3 Å². The van der Waals surface area contributed by atoms with Crippen LogP contribution in [0, 0.1) is 11.8 Å². The molecule has 0 aromatic heterocycles. The summed E-state index contributed by atoms with van der Waals surface area (Å²) in [4.78, 5) is 31.1. The van der Waals surface area contributed by atoms with Crippen molar-refractivity contribution < 1.29 is 19.1 Å². The summed E-state index contributed by atoms with van der Waals surface area (Å²) < 4.78 is 10.9. The highest BCUT2D eigenvalue weighted by atomic mass is 16.5. The Labute approximate surface area is 326 Å². The Kier molecular flexibility index (Phi) is 18.8. The number of hydrogen-bond donors (Lipinski definition) is 2. The zero-order chi connectivity index (χ0) is 38.7. The average molecular weight is 747 g/mol. The number of methoxy groups -OCH3 is 2. The first-order valence-corrected chi connectivity index (χ1v) is 20.8. The summed E-state index contributed by atoms with van der Waals surface area (Å²) >= 11 is 0. The Morgan fingerprint density at radius 3 is 1.67 bits per heavy atom. The summed E-state index contributed by atoms with van der Waals surface area (Å²) in [6.45, 7) is 13.6. The molecule has 2 saturated heterocycles. The van der Waals surface area contributed by atoms with Gasteiger partial charge in [0.2, 0.25) is 6.08 Å². The van der Waals surface area contributed by atoms with Crippen LogP contribution in [0.4, 0.5) is 4.79 Å². The van der Waals surface area contributed by atoms with Gasteiger partial charge in [0.25, 0.3) is 0 Å². The lowest BCUT2D eigenvalue weighted by Crippen LogP contribution is -2.47. The minimum absolute atomic E-state index is 0.0664. The maximum absolute atomic E-state index is 11.8. The van der Waals surface area contributed by atoms with Gasteiger partial charge in [-0.25, -0.2) is 14.6 Å². The Hall–Kier alpha value is -3.43. The van der Waals surface area contributed by atoms with E-state index < -0.39 is 0 Å². The number of fused-ring (bicyclic) bond motifs is 2. The first-order valence-electron chi connectivity index (χ1n) is 20.8. The van der Waals surface area contributed by atoms with Gasteiger partial charge in [-0.1, -0.05) is 26.0 Å². The lowest BCUT2D eigenvalue weighted by atomic mass is 9.86. The van der Waals surface area contributed by atoms with Gasteiger partial charge in [-0.3, -0.25) is 9.80 Å². The van der Waals surface area contributed by atoms with Gasteiger partial charge in [0.05, 0.1) is 14.2 Å². The van der Waals surface area contributed by atoms with Crippen molar-refractivity contribution in [2.75, 3.05) is 80.7 Å². The first-order chi connectivity index (χ1) is 26.3. The molecule has 2 N–H and O–H groups in total. The first kappa shape index (κ1) is 43.3. The smallest absolute Gasteiger partial charge is 0.317 e. The zero-order valence-corrected chi connectivity index (χ0v) is 34.3. The van der Waals surface area contributed by atoms with E-state index in [1.165, 1.54) is 132 Å². The molecule has 2 aliphatic carbocycles. The second-order valence-corrected chi connectivity index (χ2v) is 15.5. The third-order valence-electron chi connectivity index (χ3n) is 11.9. The SMILES string of the molecule is CCCN(CC1CCN(C(=O)NC)CC1)C1CCc2ccc(OC)cc2C1.CCCN(CC1CCNCC1)C1CCc2ccc(OC)cc2C1.CN=C=O. The maximum Gasteiger partial charge on any atom is 0.317 e. The molecule has 0 radical (unpaired) electrons. The zero-order valence-electron chi connectivity index (χ0n) is 34.3. The van der Waals surface area contributed by atoms with Crippen molar-refractivity contribution in [2.45, 2.75) is 103 Å². The molecular weight excluding hydrogens is 677 g/mol. The van der Waals surface area contributed by atoms with Crippen LogP contribution >= 0.6 is 0 Å². The number of benzene rings is 2. The van der Waals surface area contributed by atoms with Crippen LogP contribution in [0.5, 0.6) is 11.5 Å². The highest BCUT2D eigenvalue weighted by Gasteiger charge is 2.29. The molecule has 10 nitrogen and oxygen atoms in total. The number of nitrogens with zero attached hydrogens (tertiary/aromatic N) is 4. The van der Waals surface area contributed by atoms with E-state index in [0.29, 0.717) is 18.0 Å². The van der Waals surface area contributed by atoms with E-state index in [9.17, 15) is 4.79 Å². The van der Waals surface area contributed by atoms with Crippen LogP contribution in [0.3, 0.4) is 0 Å². The van der Waals surface area contributed by atoms with Gasteiger partial charge in [-0.05, 0) is 162 Å². The average Bonchev–Trinajstić information content (AvgIpc) is 3.23. The fraction of sp³-hybridized carbons (Fsp3) is 0.682. The van der Waals surface area contributed by atoms with Crippen LogP contribution in [-0.2, 0) is 30.5 Å². The fourth-order valence-electron chi connectivity index (χ4n) is 8.93. The van der Waals surface area contributed by atoms with E-state index in [2.05, 4.69) is 75.7 Å². The quantitative estimate of drug-likeness (QED) is 0.188. The van der Waals surface area contributed by atoms with Crippen molar-refractivity contribution in [3.63, 3.8) is 0 Å². The van der Waals surface area contributed by atoms with Gasteiger partial charge in [0.15, 0.2) is 0 Å². The molecule has 10 heteroatoms. The topological polar surface area (TPSA) is 98.7 Å². The Bertz CT molecular complexity index is 1450. The highest BCUT2D eigenvalue weighted by molar-refractivity contribution is 5.73. The number of amides is 2. The van der Waals surface area contributed by atoms with E-state index >= 15 is 0 Å². The van der Waals surface area contributed by atoms with Gasteiger partial charge in [-0.15, -0.1) is 0 Å².